The van der Waals surface area contributed by atoms with Crippen LogP contribution >= 0.6 is 0 Å². The molecule has 92 valence electrons. The molecule has 1 atom stereocenters. The predicted octanol–water partition coefficient (Wildman–Crippen LogP) is 0.916. The molecule has 5 nitrogen and oxygen atoms in total. The number of primary amides is 1. The lowest BCUT2D eigenvalue weighted by Gasteiger charge is -2.12. The number of carboxylic acids is 1. The molecule has 0 radical (unpaired) electrons. The second kappa shape index (κ2) is 4.77. The van der Waals surface area contributed by atoms with Crippen molar-refractivity contribution in [3.05, 3.63) is 29.3 Å². The molecule has 1 rings (SSSR count). The molecule has 0 aliphatic heterocycles. The third-order valence-electron chi connectivity index (χ3n) is 1.95. The molecule has 7 heteroatoms. The summed E-state index contributed by atoms with van der Waals surface area (Å²) in [7, 11) is 0. The van der Waals surface area contributed by atoms with Crippen molar-refractivity contribution in [1.29, 1.82) is 0 Å². The molecule has 3 N–H and O–H groups in total. The van der Waals surface area contributed by atoms with E-state index in [-0.39, 0.29) is 0 Å². The topological polar surface area (TPSA) is 89.6 Å². The monoisotopic (exact) mass is 245 g/mol. The number of rotatable bonds is 4. The Balaban J connectivity index is 3.15. The van der Waals surface area contributed by atoms with Gasteiger partial charge in [-0.15, -0.1) is 0 Å². The van der Waals surface area contributed by atoms with Crippen LogP contribution in [0, 0.1) is 11.6 Å². The number of halogens is 2. The molecular formula is C10H9F2NO4. The van der Waals surface area contributed by atoms with Crippen LogP contribution in [-0.2, 0) is 4.79 Å². The number of nitrogens with two attached hydrogens (primary N) is 1. The molecule has 0 bridgehead atoms. The van der Waals surface area contributed by atoms with Gasteiger partial charge in [0.2, 0.25) is 0 Å². The number of hydrogen-bond acceptors (Lipinski definition) is 3. The standard InChI is InChI=1S/C10H9F2NO4/c1-4(10(15)16)17-6-3-2-5(11)7(8(6)12)9(13)14/h2-4H,1H3,(H2,13,14)(H,15,16). The van der Waals surface area contributed by atoms with E-state index in [1.807, 2.05) is 0 Å². The van der Waals surface area contributed by atoms with E-state index in [1.165, 1.54) is 0 Å². The summed E-state index contributed by atoms with van der Waals surface area (Å²) in [6.45, 7) is 1.16. The normalized spacial score (nSPS) is 11.9. The van der Waals surface area contributed by atoms with Gasteiger partial charge in [-0.3, -0.25) is 4.79 Å². The van der Waals surface area contributed by atoms with E-state index in [0.29, 0.717) is 0 Å². The zero-order valence-corrected chi connectivity index (χ0v) is 8.74. The second-order valence-corrected chi connectivity index (χ2v) is 3.20. The van der Waals surface area contributed by atoms with Crippen LogP contribution in [-0.4, -0.2) is 23.1 Å². The van der Waals surface area contributed by atoms with Crippen molar-refractivity contribution in [2.75, 3.05) is 0 Å². The highest BCUT2D eigenvalue weighted by atomic mass is 19.1. The Morgan fingerprint density at radius 1 is 1.41 bits per heavy atom. The highest BCUT2D eigenvalue weighted by Crippen LogP contribution is 2.23. The summed E-state index contributed by atoms with van der Waals surface area (Å²) in [5, 5.41) is 8.55. The molecule has 0 spiro atoms. The molecule has 1 aromatic carbocycles. The summed E-state index contributed by atoms with van der Waals surface area (Å²) in [4.78, 5) is 21.3. The van der Waals surface area contributed by atoms with Gasteiger partial charge in [0, 0.05) is 0 Å². The molecule has 1 aromatic rings. The Bertz CT molecular complexity index is 476. The van der Waals surface area contributed by atoms with Crippen LogP contribution in [0.15, 0.2) is 12.1 Å². The average Bonchev–Trinajstić information content (AvgIpc) is 2.21. The summed E-state index contributed by atoms with van der Waals surface area (Å²) in [6.07, 6.45) is -1.34. The van der Waals surface area contributed by atoms with Gasteiger partial charge < -0.3 is 15.6 Å². The lowest BCUT2D eigenvalue weighted by atomic mass is 10.1. The minimum Gasteiger partial charge on any atom is -0.479 e. The van der Waals surface area contributed by atoms with E-state index < -0.39 is 40.9 Å². The molecule has 1 amide bonds. The van der Waals surface area contributed by atoms with Crippen molar-refractivity contribution in [1.82, 2.24) is 0 Å². The number of carboxylic acid groups (broad SMARTS) is 1. The van der Waals surface area contributed by atoms with Crippen LogP contribution in [0.3, 0.4) is 0 Å². The molecule has 1 unspecified atom stereocenters. The van der Waals surface area contributed by atoms with Crippen LogP contribution in [0.25, 0.3) is 0 Å². The minimum absolute atomic E-state index is 0.546. The number of benzene rings is 1. The van der Waals surface area contributed by atoms with E-state index in [4.69, 9.17) is 15.6 Å². The maximum absolute atomic E-state index is 13.5. The third kappa shape index (κ3) is 2.68. The molecular weight excluding hydrogens is 236 g/mol. The molecule has 0 aliphatic carbocycles. The third-order valence-corrected chi connectivity index (χ3v) is 1.95. The maximum Gasteiger partial charge on any atom is 0.344 e. The largest absolute Gasteiger partial charge is 0.479 e. The molecule has 0 saturated heterocycles. The number of carbonyl (C=O) groups is 2. The number of aliphatic carboxylic acids is 1. The molecule has 0 saturated carbocycles. The summed E-state index contributed by atoms with van der Waals surface area (Å²) in [5.74, 6) is -5.62. The van der Waals surface area contributed by atoms with Gasteiger partial charge in [-0.2, -0.15) is 0 Å². The van der Waals surface area contributed by atoms with E-state index in [2.05, 4.69) is 0 Å². The van der Waals surface area contributed by atoms with Crippen LogP contribution in [0.1, 0.15) is 17.3 Å². The van der Waals surface area contributed by atoms with Gasteiger partial charge >= 0.3 is 5.97 Å². The Morgan fingerprint density at radius 2 is 2.00 bits per heavy atom. The van der Waals surface area contributed by atoms with Crippen LogP contribution in [0.4, 0.5) is 8.78 Å². The van der Waals surface area contributed by atoms with Gasteiger partial charge in [-0.05, 0) is 19.1 Å². The van der Waals surface area contributed by atoms with Gasteiger partial charge in [0.05, 0.1) is 0 Å². The number of hydrogen-bond donors (Lipinski definition) is 2. The summed E-state index contributed by atoms with van der Waals surface area (Å²) in [6, 6.07) is 1.66. The highest BCUT2D eigenvalue weighted by Gasteiger charge is 2.22. The molecule has 0 aromatic heterocycles. The fraction of sp³-hybridized carbons (Fsp3) is 0.200. The quantitative estimate of drug-likeness (QED) is 0.825. The number of carbonyl (C=O) groups excluding carboxylic acids is 1. The molecule has 0 fully saturated rings. The van der Waals surface area contributed by atoms with Crippen molar-refractivity contribution < 1.29 is 28.2 Å². The van der Waals surface area contributed by atoms with Crippen molar-refractivity contribution in [3.63, 3.8) is 0 Å². The second-order valence-electron chi connectivity index (χ2n) is 3.20. The fourth-order valence-corrected chi connectivity index (χ4v) is 1.09. The number of ether oxygens (including phenoxy) is 1. The first-order valence-electron chi connectivity index (χ1n) is 4.52. The summed E-state index contributed by atoms with van der Waals surface area (Å²) < 4.78 is 31.3. The molecule has 0 heterocycles. The van der Waals surface area contributed by atoms with E-state index in [0.717, 1.165) is 19.1 Å². The van der Waals surface area contributed by atoms with Gasteiger partial charge in [-0.25, -0.2) is 13.6 Å². The zero-order valence-electron chi connectivity index (χ0n) is 8.74. The first-order valence-corrected chi connectivity index (χ1v) is 4.52. The Kier molecular flexibility index (Phi) is 3.62. The van der Waals surface area contributed by atoms with Crippen molar-refractivity contribution in [2.45, 2.75) is 13.0 Å². The SMILES string of the molecule is CC(Oc1ccc(F)c(C(N)=O)c1F)C(=O)O. The van der Waals surface area contributed by atoms with Crippen molar-refractivity contribution in [2.24, 2.45) is 5.73 Å². The van der Waals surface area contributed by atoms with Crippen LogP contribution < -0.4 is 10.5 Å². The lowest BCUT2D eigenvalue weighted by molar-refractivity contribution is -0.144. The molecule has 17 heavy (non-hydrogen) atoms. The Labute approximate surface area is 94.8 Å². The lowest BCUT2D eigenvalue weighted by Crippen LogP contribution is -2.24. The van der Waals surface area contributed by atoms with Gasteiger partial charge in [-0.1, -0.05) is 0 Å². The first kappa shape index (κ1) is 12.9. The van der Waals surface area contributed by atoms with Gasteiger partial charge in [0.1, 0.15) is 11.4 Å². The van der Waals surface area contributed by atoms with E-state index >= 15 is 0 Å². The summed E-state index contributed by atoms with van der Waals surface area (Å²) >= 11 is 0. The predicted molar refractivity (Wildman–Crippen MR) is 52.6 cm³/mol. The highest BCUT2D eigenvalue weighted by molar-refractivity contribution is 5.93. The van der Waals surface area contributed by atoms with Crippen molar-refractivity contribution in [3.8, 4) is 5.75 Å². The van der Waals surface area contributed by atoms with Crippen LogP contribution in [0.5, 0.6) is 5.75 Å². The summed E-state index contributed by atoms with van der Waals surface area (Å²) in [5.41, 5.74) is 3.83. The fourth-order valence-electron chi connectivity index (χ4n) is 1.09. The van der Waals surface area contributed by atoms with E-state index in [1.54, 1.807) is 0 Å². The van der Waals surface area contributed by atoms with Gasteiger partial charge in [0.15, 0.2) is 17.7 Å². The smallest absolute Gasteiger partial charge is 0.344 e. The maximum atomic E-state index is 13.5. The Hall–Kier alpha value is -2.18. The number of amides is 1. The van der Waals surface area contributed by atoms with Gasteiger partial charge in [0.25, 0.3) is 5.91 Å². The molecule has 0 aliphatic rings. The first-order chi connectivity index (χ1) is 7.84. The van der Waals surface area contributed by atoms with Crippen LogP contribution in [0.2, 0.25) is 0 Å². The average molecular weight is 245 g/mol. The van der Waals surface area contributed by atoms with E-state index in [9.17, 15) is 18.4 Å². The zero-order chi connectivity index (χ0) is 13.2. The minimum atomic E-state index is -1.34. The Morgan fingerprint density at radius 3 is 2.47 bits per heavy atom. The van der Waals surface area contributed by atoms with Crippen molar-refractivity contribution >= 4 is 11.9 Å².